The summed E-state index contributed by atoms with van der Waals surface area (Å²) in [6.45, 7) is 0. The zero-order chi connectivity index (χ0) is 36.6. The molecule has 0 atom stereocenters. The molecule has 4 aromatic carbocycles. The number of isocyanates is 4. The Morgan fingerprint density at radius 2 is 1.12 bits per heavy atom. The largest absolute Gasteiger partial charge is 0.351 e. The second-order valence-electron chi connectivity index (χ2n) is 7.62. The number of carbonyl (C=O) groups is 1. The molecule has 0 fully saturated rings. The Hall–Kier alpha value is -6.89. The highest BCUT2D eigenvalue weighted by molar-refractivity contribution is 5.87. The van der Waals surface area contributed by atoms with Crippen molar-refractivity contribution >= 4 is 53.1 Å². The van der Waals surface area contributed by atoms with Gasteiger partial charge in [0.15, 0.2) is 23.3 Å². The second-order valence-corrected chi connectivity index (χ2v) is 7.62. The fraction of sp³-hybridized carbons (Fsp3) is 0. The molecule has 0 radical (unpaired) electrons. The third-order valence-corrected chi connectivity index (χ3v) is 4.38. The number of hydrogen-bond donors (Lipinski definition) is 3. The molecule has 0 aliphatic heterocycles. The molecule has 0 aliphatic rings. The summed E-state index contributed by atoms with van der Waals surface area (Å²) in [6.07, 6.45) is 4.15. The smallest absolute Gasteiger partial charge is 0.316 e. The molecular weight excluding hydrogens is 664 g/mol. The lowest BCUT2D eigenvalue weighted by atomic mass is 10.3. The molecule has 4 aromatic rings. The molecule has 0 aliphatic carbocycles. The maximum atomic E-state index is 12.5. The standard InChI is InChI=1S/C7H6F2N2O.3C7H3F2NO.CHNO/c8-4-1-5(9)3-6(2-4)11-7(10)12;8-6-2-1-5(10-4-11)3-7(6)9;8-5-1-2-6(9)7(3-5)10-4-11;8-5-2-1-3-6(9)7(5)10-4-11;2-1-3/h1-3H,(H3,10,11,12);3*1-3H;2H. The van der Waals surface area contributed by atoms with Gasteiger partial charge in [0.05, 0.1) is 5.69 Å². The third kappa shape index (κ3) is 16.8. The van der Waals surface area contributed by atoms with Crippen LogP contribution in [-0.2, 0) is 19.2 Å². The molecule has 0 saturated carbocycles. The predicted octanol–water partition coefficient (Wildman–Crippen LogP) is 7.15. The van der Waals surface area contributed by atoms with Crippen LogP contribution in [0.5, 0.6) is 0 Å². The van der Waals surface area contributed by atoms with Crippen LogP contribution in [0.3, 0.4) is 0 Å². The van der Waals surface area contributed by atoms with Gasteiger partial charge in [0.2, 0.25) is 24.3 Å². The van der Waals surface area contributed by atoms with Crippen molar-refractivity contribution in [1.29, 1.82) is 5.41 Å². The first-order valence-corrected chi connectivity index (χ1v) is 11.9. The van der Waals surface area contributed by atoms with Gasteiger partial charge in [-0.15, -0.1) is 0 Å². The van der Waals surface area contributed by atoms with Gasteiger partial charge in [-0.2, -0.15) is 15.0 Å². The van der Waals surface area contributed by atoms with Crippen LogP contribution in [0.2, 0.25) is 0 Å². The van der Waals surface area contributed by atoms with E-state index in [1.807, 2.05) is 5.32 Å². The number of benzene rings is 4. The molecule has 248 valence electrons. The SMILES string of the molecule is N=C=O.NC(=O)Nc1cc(F)cc(F)c1.O=C=Nc1c(F)cccc1F.O=C=Nc1cc(F)ccc1F.O=C=Nc1ccc(F)c(F)c1. The Bertz CT molecular complexity index is 1850. The second kappa shape index (κ2) is 22.6. The Labute approximate surface area is 263 Å². The topological polar surface area (TPSA) is 184 Å². The summed E-state index contributed by atoms with van der Waals surface area (Å²) in [7, 11) is 0. The van der Waals surface area contributed by atoms with E-state index in [0.717, 1.165) is 72.8 Å². The monoisotopic (exact) mass is 680 g/mol. The Morgan fingerprint density at radius 1 is 0.604 bits per heavy atom. The van der Waals surface area contributed by atoms with Crippen LogP contribution in [0.1, 0.15) is 0 Å². The summed E-state index contributed by atoms with van der Waals surface area (Å²) >= 11 is 0. The number of anilines is 1. The minimum Gasteiger partial charge on any atom is -0.351 e. The van der Waals surface area contributed by atoms with E-state index in [1.165, 1.54) is 18.2 Å². The van der Waals surface area contributed by atoms with Crippen molar-refractivity contribution in [3.8, 4) is 0 Å². The van der Waals surface area contributed by atoms with Gasteiger partial charge >= 0.3 is 6.03 Å². The van der Waals surface area contributed by atoms with Crippen molar-refractivity contribution in [2.24, 2.45) is 20.7 Å². The van der Waals surface area contributed by atoms with Crippen LogP contribution >= 0.6 is 0 Å². The van der Waals surface area contributed by atoms with E-state index in [-0.39, 0.29) is 17.1 Å². The van der Waals surface area contributed by atoms with Crippen molar-refractivity contribution in [2.75, 3.05) is 5.32 Å². The van der Waals surface area contributed by atoms with Crippen molar-refractivity contribution in [3.05, 3.63) is 119 Å². The Morgan fingerprint density at radius 3 is 1.60 bits per heavy atom. The van der Waals surface area contributed by atoms with E-state index in [0.29, 0.717) is 6.07 Å². The molecule has 2 amide bonds. The first-order valence-electron chi connectivity index (χ1n) is 11.9. The zero-order valence-electron chi connectivity index (χ0n) is 23.4. The highest BCUT2D eigenvalue weighted by Gasteiger charge is 2.05. The van der Waals surface area contributed by atoms with Crippen LogP contribution < -0.4 is 11.1 Å². The first-order chi connectivity index (χ1) is 22.7. The fourth-order valence-corrected chi connectivity index (χ4v) is 2.64. The third-order valence-electron chi connectivity index (χ3n) is 4.38. The fourth-order valence-electron chi connectivity index (χ4n) is 2.64. The average molecular weight is 680 g/mol. The Balaban J connectivity index is 0.000000597. The van der Waals surface area contributed by atoms with Gasteiger partial charge in [-0.1, -0.05) is 6.07 Å². The molecule has 0 bridgehead atoms. The Kier molecular flexibility index (Phi) is 19.4. The van der Waals surface area contributed by atoms with Crippen LogP contribution in [0.25, 0.3) is 0 Å². The van der Waals surface area contributed by atoms with E-state index in [4.69, 9.17) is 15.9 Å². The molecule has 0 unspecified atom stereocenters. The number of aliphatic imine (C=N–C) groups is 3. The number of nitrogens with zero attached hydrogens (tertiary/aromatic N) is 3. The molecule has 0 spiro atoms. The van der Waals surface area contributed by atoms with Gasteiger partial charge in [0.25, 0.3) is 0 Å². The van der Waals surface area contributed by atoms with Gasteiger partial charge in [0.1, 0.15) is 34.6 Å². The summed E-state index contributed by atoms with van der Waals surface area (Å²) < 4.78 is 99.3. The lowest BCUT2D eigenvalue weighted by Crippen LogP contribution is -2.19. The molecule has 48 heavy (non-hydrogen) atoms. The quantitative estimate of drug-likeness (QED) is 0.117. The number of urea groups is 1. The average Bonchev–Trinajstić information content (AvgIpc) is 3.00. The summed E-state index contributed by atoms with van der Waals surface area (Å²) in [6, 6.07) is 10.5. The van der Waals surface area contributed by atoms with Crippen molar-refractivity contribution in [1.82, 2.24) is 0 Å². The van der Waals surface area contributed by atoms with E-state index >= 15 is 0 Å². The number of halogens is 8. The zero-order valence-corrected chi connectivity index (χ0v) is 23.4. The van der Waals surface area contributed by atoms with Gasteiger partial charge in [-0.3, -0.25) is 0 Å². The van der Waals surface area contributed by atoms with Crippen molar-refractivity contribution < 1.29 is 59.1 Å². The summed E-state index contributed by atoms with van der Waals surface area (Å²) in [5.41, 5.74) is 3.86. The highest BCUT2D eigenvalue weighted by atomic mass is 19.2. The summed E-state index contributed by atoms with van der Waals surface area (Å²) in [5.74, 6) is -6.63. The maximum Gasteiger partial charge on any atom is 0.316 e. The number of carbonyl (C=O) groups excluding carboxylic acids is 5. The number of rotatable bonds is 4. The minimum absolute atomic E-state index is 0.000000000000000444. The number of primary amides is 1. The lowest BCUT2D eigenvalue weighted by Gasteiger charge is -2.00. The maximum absolute atomic E-state index is 12.5. The highest BCUT2D eigenvalue weighted by Crippen LogP contribution is 2.20. The molecule has 11 nitrogen and oxygen atoms in total. The molecule has 0 aromatic heterocycles. The minimum atomic E-state index is -1.03. The van der Waals surface area contributed by atoms with E-state index in [1.54, 1.807) is 0 Å². The lowest BCUT2D eigenvalue weighted by molar-refractivity contribution is 0.259. The van der Waals surface area contributed by atoms with E-state index in [9.17, 15) is 54.3 Å². The molecule has 4 rings (SSSR count). The van der Waals surface area contributed by atoms with Crippen LogP contribution in [0.15, 0.2) is 87.8 Å². The number of nitrogens with two attached hydrogens (primary N) is 1. The molecule has 4 N–H and O–H groups in total. The van der Waals surface area contributed by atoms with Gasteiger partial charge in [-0.05, 0) is 48.5 Å². The van der Waals surface area contributed by atoms with Crippen LogP contribution in [0.4, 0.5) is 62.7 Å². The van der Waals surface area contributed by atoms with Gasteiger partial charge < -0.3 is 11.1 Å². The van der Waals surface area contributed by atoms with Crippen LogP contribution in [0, 0.1) is 51.9 Å². The van der Waals surface area contributed by atoms with Crippen molar-refractivity contribution in [3.63, 3.8) is 0 Å². The number of hydrogen-bond acceptors (Lipinski definition) is 9. The first kappa shape index (κ1) is 41.1. The number of amides is 2. The van der Waals surface area contributed by atoms with Crippen LogP contribution in [-0.4, -0.2) is 30.4 Å². The van der Waals surface area contributed by atoms with E-state index < -0.39 is 58.3 Å². The van der Waals surface area contributed by atoms with Gasteiger partial charge in [-0.25, -0.2) is 64.5 Å². The van der Waals surface area contributed by atoms with E-state index in [2.05, 4.69) is 15.0 Å². The molecule has 19 heteroatoms. The van der Waals surface area contributed by atoms with Gasteiger partial charge in [0, 0.05) is 23.9 Å². The summed E-state index contributed by atoms with van der Waals surface area (Å²) in [4.78, 5) is 56.5. The molecular formula is C29H16F8N6O5. The summed E-state index contributed by atoms with van der Waals surface area (Å²) in [5, 5.41) is 7.45. The molecule has 0 heterocycles. The number of nitrogens with one attached hydrogen (secondary N) is 2. The number of para-hydroxylation sites is 1. The normalized spacial score (nSPS) is 8.67. The van der Waals surface area contributed by atoms with Crippen molar-refractivity contribution in [2.45, 2.75) is 0 Å². The molecule has 0 saturated heterocycles. The predicted molar refractivity (Wildman–Crippen MR) is 150 cm³/mol.